The van der Waals surface area contributed by atoms with E-state index in [0.717, 1.165) is 49.8 Å². The van der Waals surface area contributed by atoms with Crippen molar-refractivity contribution in [3.8, 4) is 45.3 Å². The van der Waals surface area contributed by atoms with Crippen molar-refractivity contribution in [2.24, 2.45) is 0 Å². The lowest BCUT2D eigenvalue weighted by atomic mass is 9.92. The van der Waals surface area contributed by atoms with Crippen LogP contribution in [0.15, 0.2) is 180 Å². The Labute approximate surface area is 325 Å². The SMILES string of the molecule is c1ccc(-c2nc(-c3ccc4c(c3)oc3cc(-c5ccc6c7ccccc7c7ccccc7c6c5)ccc34)nc(-c3cccc4c3sc3ccccc34)n2)cc1. The summed E-state index contributed by atoms with van der Waals surface area (Å²) in [6, 6.07) is 62.1. The molecule has 0 N–H and O–H groups in total. The molecule has 0 aliphatic heterocycles. The van der Waals surface area contributed by atoms with Gasteiger partial charge in [-0.2, -0.15) is 0 Å². The summed E-state index contributed by atoms with van der Waals surface area (Å²) in [6.45, 7) is 0. The number of furan rings is 1. The first-order valence-corrected chi connectivity index (χ1v) is 19.6. The average molecular weight is 732 g/mol. The predicted octanol–water partition coefficient (Wildman–Crippen LogP) is 14.3. The van der Waals surface area contributed by atoms with Gasteiger partial charge < -0.3 is 4.42 Å². The van der Waals surface area contributed by atoms with Crippen molar-refractivity contribution in [2.75, 3.05) is 0 Å². The van der Waals surface area contributed by atoms with Crippen LogP contribution in [0.1, 0.15) is 0 Å². The van der Waals surface area contributed by atoms with E-state index in [-0.39, 0.29) is 0 Å². The minimum Gasteiger partial charge on any atom is -0.456 e. The summed E-state index contributed by atoms with van der Waals surface area (Å²) < 4.78 is 9.06. The van der Waals surface area contributed by atoms with Gasteiger partial charge in [-0.25, -0.2) is 15.0 Å². The van der Waals surface area contributed by atoms with Gasteiger partial charge in [-0.05, 0) is 85.9 Å². The number of aromatic nitrogens is 3. The van der Waals surface area contributed by atoms with Crippen LogP contribution in [0.4, 0.5) is 0 Å². The van der Waals surface area contributed by atoms with Crippen molar-refractivity contribution in [1.29, 1.82) is 0 Å². The maximum atomic E-state index is 6.64. The van der Waals surface area contributed by atoms with Gasteiger partial charge in [-0.3, -0.25) is 0 Å². The number of thiophene rings is 1. The molecule has 0 spiro atoms. The van der Waals surface area contributed by atoms with Crippen LogP contribution in [-0.2, 0) is 0 Å². The highest BCUT2D eigenvalue weighted by Gasteiger charge is 2.18. The van der Waals surface area contributed by atoms with E-state index in [4.69, 9.17) is 19.4 Å². The van der Waals surface area contributed by atoms with Gasteiger partial charge in [0.15, 0.2) is 17.5 Å². The highest BCUT2D eigenvalue weighted by molar-refractivity contribution is 7.26. The first-order valence-electron chi connectivity index (χ1n) is 18.8. The van der Waals surface area contributed by atoms with Crippen LogP contribution in [0.5, 0.6) is 0 Å². The van der Waals surface area contributed by atoms with Gasteiger partial charge in [-0.1, -0.05) is 133 Å². The number of hydrogen-bond donors (Lipinski definition) is 0. The predicted molar refractivity (Wildman–Crippen MR) is 234 cm³/mol. The van der Waals surface area contributed by atoms with Gasteiger partial charge in [0.05, 0.1) is 0 Å². The highest BCUT2D eigenvalue weighted by Crippen LogP contribution is 2.41. The molecular formula is C51H29N3OS. The van der Waals surface area contributed by atoms with Gasteiger partial charge in [0.1, 0.15) is 11.2 Å². The zero-order valence-electron chi connectivity index (χ0n) is 29.9. The zero-order chi connectivity index (χ0) is 36.7. The van der Waals surface area contributed by atoms with Crippen molar-refractivity contribution >= 4 is 85.8 Å². The summed E-state index contributed by atoms with van der Waals surface area (Å²) in [5.74, 6) is 1.89. The molecular weight excluding hydrogens is 703 g/mol. The van der Waals surface area contributed by atoms with E-state index in [2.05, 4.69) is 146 Å². The molecule has 0 saturated carbocycles. The molecule has 3 aromatic heterocycles. The molecule has 3 heterocycles. The Morgan fingerprint density at radius 1 is 0.321 bits per heavy atom. The van der Waals surface area contributed by atoms with Crippen molar-refractivity contribution in [2.45, 2.75) is 0 Å². The van der Waals surface area contributed by atoms with Gasteiger partial charge in [0.2, 0.25) is 0 Å². The third-order valence-electron chi connectivity index (χ3n) is 11.1. The van der Waals surface area contributed by atoms with E-state index in [1.54, 1.807) is 11.3 Å². The first kappa shape index (κ1) is 31.2. The molecule has 0 bridgehead atoms. The average Bonchev–Trinajstić information content (AvgIpc) is 3.84. The number of fused-ring (bicyclic) bond motifs is 12. The molecule has 0 amide bonds. The van der Waals surface area contributed by atoms with Crippen LogP contribution in [0.25, 0.3) is 120 Å². The largest absolute Gasteiger partial charge is 0.456 e. The first-order chi connectivity index (χ1) is 27.7. The van der Waals surface area contributed by atoms with Gasteiger partial charge in [0, 0.05) is 47.6 Å². The molecule has 4 nitrogen and oxygen atoms in total. The van der Waals surface area contributed by atoms with Gasteiger partial charge in [-0.15, -0.1) is 11.3 Å². The molecule has 56 heavy (non-hydrogen) atoms. The Kier molecular flexibility index (Phi) is 6.76. The van der Waals surface area contributed by atoms with E-state index in [9.17, 15) is 0 Å². The second-order valence-corrected chi connectivity index (χ2v) is 15.4. The number of benzene rings is 9. The van der Waals surface area contributed by atoms with Crippen molar-refractivity contribution in [3.63, 3.8) is 0 Å². The summed E-state index contributed by atoms with van der Waals surface area (Å²) in [5.41, 5.74) is 6.71. The van der Waals surface area contributed by atoms with Crippen molar-refractivity contribution in [1.82, 2.24) is 15.0 Å². The quantitative estimate of drug-likeness (QED) is 0.169. The molecule has 0 fully saturated rings. The summed E-state index contributed by atoms with van der Waals surface area (Å²) in [7, 11) is 0. The van der Waals surface area contributed by atoms with Crippen LogP contribution < -0.4 is 0 Å². The maximum Gasteiger partial charge on any atom is 0.165 e. The molecule has 12 rings (SSSR count). The molecule has 9 aromatic carbocycles. The van der Waals surface area contributed by atoms with E-state index in [0.29, 0.717) is 17.5 Å². The molecule has 260 valence electrons. The maximum absolute atomic E-state index is 6.64. The second-order valence-electron chi connectivity index (χ2n) is 14.3. The topological polar surface area (TPSA) is 51.8 Å². The number of rotatable bonds is 4. The molecule has 12 aromatic rings. The number of nitrogens with zero attached hydrogens (tertiary/aromatic N) is 3. The van der Waals surface area contributed by atoms with Gasteiger partial charge in [0.25, 0.3) is 0 Å². The van der Waals surface area contributed by atoms with Crippen molar-refractivity contribution in [3.05, 3.63) is 176 Å². The normalized spacial score (nSPS) is 11.9. The zero-order valence-corrected chi connectivity index (χ0v) is 30.7. The van der Waals surface area contributed by atoms with E-state index >= 15 is 0 Å². The summed E-state index contributed by atoms with van der Waals surface area (Å²) in [6.07, 6.45) is 0. The Morgan fingerprint density at radius 3 is 1.54 bits per heavy atom. The van der Waals surface area contributed by atoms with E-state index in [1.165, 1.54) is 52.5 Å². The molecule has 0 atom stereocenters. The summed E-state index contributed by atoms with van der Waals surface area (Å²) >= 11 is 1.78. The van der Waals surface area contributed by atoms with Crippen LogP contribution in [0.2, 0.25) is 0 Å². The Bertz CT molecular complexity index is 3510. The highest BCUT2D eigenvalue weighted by atomic mass is 32.1. The van der Waals surface area contributed by atoms with E-state index < -0.39 is 0 Å². The third-order valence-corrected chi connectivity index (χ3v) is 12.3. The van der Waals surface area contributed by atoms with Crippen LogP contribution in [0, 0.1) is 0 Å². The second kappa shape index (κ2) is 12.2. The Morgan fingerprint density at radius 2 is 0.821 bits per heavy atom. The lowest BCUT2D eigenvalue weighted by Crippen LogP contribution is -2.00. The minimum absolute atomic E-state index is 0.603. The van der Waals surface area contributed by atoms with Crippen LogP contribution in [-0.4, -0.2) is 15.0 Å². The molecule has 0 aliphatic rings. The standard InChI is InChI=1S/C51H29N3OS/c1-2-11-30(12-3-1)49-52-50(54-51(53-49)43-19-10-18-42-41-17-8-9-20-47(41)56-48(42)43)33-23-26-40-39-25-22-32(28-45(39)55-46(40)29-33)31-21-24-38-36-15-5-4-13-34(36)35-14-6-7-16-37(35)44(38)27-31/h1-29H. The van der Waals surface area contributed by atoms with E-state index in [1.807, 2.05) is 30.3 Å². The summed E-state index contributed by atoms with van der Waals surface area (Å²) in [4.78, 5) is 15.3. The molecule has 0 unspecified atom stereocenters. The molecule has 0 saturated heterocycles. The fourth-order valence-electron chi connectivity index (χ4n) is 8.45. The summed E-state index contributed by atoms with van der Waals surface area (Å²) in [5, 5.41) is 12.2. The van der Waals surface area contributed by atoms with Crippen molar-refractivity contribution < 1.29 is 4.42 Å². The van der Waals surface area contributed by atoms with Crippen LogP contribution >= 0.6 is 11.3 Å². The van der Waals surface area contributed by atoms with Crippen LogP contribution in [0.3, 0.4) is 0 Å². The number of hydrogen-bond acceptors (Lipinski definition) is 5. The van der Waals surface area contributed by atoms with Gasteiger partial charge >= 0.3 is 0 Å². The monoisotopic (exact) mass is 731 g/mol. The lowest BCUT2D eigenvalue weighted by molar-refractivity contribution is 0.669. The third kappa shape index (κ3) is 4.81. The molecule has 0 aliphatic carbocycles. The fraction of sp³-hybridized carbons (Fsp3) is 0. The Balaban J connectivity index is 0.988. The fourth-order valence-corrected chi connectivity index (χ4v) is 9.66. The molecule has 0 radical (unpaired) electrons. The smallest absolute Gasteiger partial charge is 0.165 e. The minimum atomic E-state index is 0.603. The lowest BCUT2D eigenvalue weighted by Gasteiger charge is -2.12. The Hall–Kier alpha value is -7.21. The molecule has 5 heteroatoms.